The molecule has 2 unspecified atom stereocenters. The molecule has 5 heteroatoms. The van der Waals surface area contributed by atoms with Crippen LogP contribution in [0.2, 0.25) is 0 Å². The molecular formula is C12H25ClN2O2. The topological polar surface area (TPSA) is 64.3 Å². The molecule has 1 aliphatic rings. The maximum absolute atomic E-state index is 11.6. The Labute approximate surface area is 110 Å². The van der Waals surface area contributed by atoms with E-state index < -0.39 is 0 Å². The molecular weight excluding hydrogens is 240 g/mol. The summed E-state index contributed by atoms with van der Waals surface area (Å²) in [5.41, 5.74) is 5.67. The summed E-state index contributed by atoms with van der Waals surface area (Å²) in [6.07, 6.45) is 4.79. The molecule has 4 nitrogen and oxygen atoms in total. The molecule has 1 fully saturated rings. The molecule has 1 amide bonds. The largest absolute Gasteiger partial charge is 0.382 e. The number of nitrogens with two attached hydrogens (primary N) is 1. The lowest BCUT2D eigenvalue weighted by molar-refractivity contribution is -0.122. The summed E-state index contributed by atoms with van der Waals surface area (Å²) in [7, 11) is 0. The SMILES string of the molecule is CCOCCCC(=O)NC1CCCC1CN.Cl. The number of rotatable bonds is 7. The molecule has 2 atom stereocenters. The van der Waals surface area contributed by atoms with Crippen molar-refractivity contribution in [3.8, 4) is 0 Å². The van der Waals surface area contributed by atoms with Crippen LogP contribution in [0.3, 0.4) is 0 Å². The van der Waals surface area contributed by atoms with Crippen molar-refractivity contribution in [2.75, 3.05) is 19.8 Å². The Hall–Kier alpha value is -0.320. The van der Waals surface area contributed by atoms with Crippen molar-refractivity contribution in [1.29, 1.82) is 0 Å². The highest BCUT2D eigenvalue weighted by Crippen LogP contribution is 2.24. The van der Waals surface area contributed by atoms with Gasteiger partial charge in [-0.2, -0.15) is 0 Å². The van der Waals surface area contributed by atoms with E-state index in [1.807, 2.05) is 6.92 Å². The number of nitrogens with one attached hydrogen (secondary N) is 1. The lowest BCUT2D eigenvalue weighted by Gasteiger charge is -2.19. The van der Waals surface area contributed by atoms with Crippen LogP contribution in [-0.2, 0) is 9.53 Å². The number of amides is 1. The standard InChI is InChI=1S/C12H24N2O2.ClH/c1-2-16-8-4-7-12(15)14-11-6-3-5-10(11)9-13;/h10-11H,2-9,13H2,1H3,(H,14,15);1H. The number of ether oxygens (including phenoxy) is 1. The van der Waals surface area contributed by atoms with Crippen molar-refractivity contribution in [3.63, 3.8) is 0 Å². The van der Waals surface area contributed by atoms with E-state index in [9.17, 15) is 4.79 Å². The first-order valence-corrected chi connectivity index (χ1v) is 6.35. The average Bonchev–Trinajstić information content (AvgIpc) is 2.71. The number of hydrogen-bond donors (Lipinski definition) is 2. The molecule has 1 rings (SSSR count). The molecule has 1 saturated carbocycles. The predicted molar refractivity (Wildman–Crippen MR) is 71.3 cm³/mol. The maximum atomic E-state index is 11.6. The van der Waals surface area contributed by atoms with E-state index >= 15 is 0 Å². The molecule has 0 aromatic carbocycles. The van der Waals surface area contributed by atoms with Crippen LogP contribution in [0.25, 0.3) is 0 Å². The normalized spacial score (nSPS) is 23.2. The zero-order chi connectivity index (χ0) is 11.8. The van der Waals surface area contributed by atoms with E-state index in [1.54, 1.807) is 0 Å². The van der Waals surface area contributed by atoms with Crippen LogP contribution < -0.4 is 11.1 Å². The van der Waals surface area contributed by atoms with Crippen molar-refractivity contribution >= 4 is 18.3 Å². The third-order valence-electron chi connectivity index (χ3n) is 3.20. The Kier molecular flexibility index (Phi) is 9.50. The van der Waals surface area contributed by atoms with E-state index in [4.69, 9.17) is 10.5 Å². The van der Waals surface area contributed by atoms with Crippen LogP contribution in [0.15, 0.2) is 0 Å². The highest BCUT2D eigenvalue weighted by atomic mass is 35.5. The third-order valence-corrected chi connectivity index (χ3v) is 3.20. The van der Waals surface area contributed by atoms with Gasteiger partial charge in [-0.15, -0.1) is 12.4 Å². The first kappa shape index (κ1) is 16.7. The molecule has 0 aliphatic heterocycles. The van der Waals surface area contributed by atoms with Gasteiger partial charge in [-0.1, -0.05) is 6.42 Å². The van der Waals surface area contributed by atoms with Crippen LogP contribution in [-0.4, -0.2) is 31.7 Å². The van der Waals surface area contributed by atoms with Crippen LogP contribution >= 0.6 is 12.4 Å². The molecule has 1 aliphatic carbocycles. The van der Waals surface area contributed by atoms with E-state index in [1.165, 1.54) is 6.42 Å². The van der Waals surface area contributed by atoms with Gasteiger partial charge in [0.05, 0.1) is 0 Å². The molecule has 0 saturated heterocycles. The monoisotopic (exact) mass is 264 g/mol. The predicted octanol–water partition coefficient (Wildman–Crippen LogP) is 1.47. The number of carbonyl (C=O) groups is 1. The van der Waals surface area contributed by atoms with Gasteiger partial charge in [0.15, 0.2) is 0 Å². The fourth-order valence-electron chi connectivity index (χ4n) is 2.27. The highest BCUT2D eigenvalue weighted by molar-refractivity contribution is 5.85. The number of halogens is 1. The minimum atomic E-state index is 0. The third kappa shape index (κ3) is 6.24. The highest BCUT2D eigenvalue weighted by Gasteiger charge is 2.26. The first-order chi connectivity index (χ1) is 7.77. The molecule has 0 aromatic heterocycles. The van der Waals surface area contributed by atoms with Crippen molar-refractivity contribution in [3.05, 3.63) is 0 Å². The van der Waals surface area contributed by atoms with Gasteiger partial charge < -0.3 is 15.8 Å². The molecule has 0 bridgehead atoms. The van der Waals surface area contributed by atoms with Gasteiger partial charge in [-0.05, 0) is 38.6 Å². The Morgan fingerprint density at radius 3 is 2.88 bits per heavy atom. The summed E-state index contributed by atoms with van der Waals surface area (Å²) >= 11 is 0. The Morgan fingerprint density at radius 2 is 2.24 bits per heavy atom. The van der Waals surface area contributed by atoms with Gasteiger partial charge in [0.1, 0.15) is 0 Å². The summed E-state index contributed by atoms with van der Waals surface area (Å²) < 4.78 is 5.20. The minimum absolute atomic E-state index is 0. The minimum Gasteiger partial charge on any atom is -0.382 e. The van der Waals surface area contributed by atoms with Crippen LogP contribution in [0, 0.1) is 5.92 Å². The van der Waals surface area contributed by atoms with Crippen molar-refractivity contribution in [2.24, 2.45) is 11.7 Å². The summed E-state index contributed by atoms with van der Waals surface area (Å²) in [5.74, 6) is 0.626. The quantitative estimate of drug-likeness (QED) is 0.685. The zero-order valence-corrected chi connectivity index (χ0v) is 11.4. The molecule has 3 N–H and O–H groups in total. The fourth-order valence-corrected chi connectivity index (χ4v) is 2.27. The van der Waals surface area contributed by atoms with Crippen LogP contribution in [0.5, 0.6) is 0 Å². The van der Waals surface area contributed by atoms with Crippen LogP contribution in [0.1, 0.15) is 39.0 Å². The summed E-state index contributed by atoms with van der Waals surface area (Å²) in [6, 6.07) is 0.310. The molecule has 0 spiro atoms. The van der Waals surface area contributed by atoms with E-state index in [-0.39, 0.29) is 18.3 Å². The van der Waals surface area contributed by atoms with Gasteiger partial charge in [0.2, 0.25) is 5.91 Å². The van der Waals surface area contributed by atoms with Gasteiger partial charge in [0.25, 0.3) is 0 Å². The first-order valence-electron chi connectivity index (χ1n) is 6.35. The number of carbonyl (C=O) groups excluding carboxylic acids is 1. The molecule has 0 aromatic rings. The molecule has 102 valence electrons. The molecule has 0 heterocycles. The lowest BCUT2D eigenvalue weighted by Crippen LogP contribution is -2.39. The number of hydrogen-bond acceptors (Lipinski definition) is 3. The van der Waals surface area contributed by atoms with Gasteiger partial charge >= 0.3 is 0 Å². The smallest absolute Gasteiger partial charge is 0.220 e. The molecule has 17 heavy (non-hydrogen) atoms. The average molecular weight is 265 g/mol. The summed E-state index contributed by atoms with van der Waals surface area (Å²) in [5, 5.41) is 3.08. The molecule has 0 radical (unpaired) electrons. The second-order valence-electron chi connectivity index (χ2n) is 4.40. The fraction of sp³-hybridized carbons (Fsp3) is 0.917. The van der Waals surface area contributed by atoms with Gasteiger partial charge in [-0.3, -0.25) is 4.79 Å². The van der Waals surface area contributed by atoms with Crippen molar-refractivity contribution < 1.29 is 9.53 Å². The lowest BCUT2D eigenvalue weighted by atomic mass is 10.0. The van der Waals surface area contributed by atoms with Crippen molar-refractivity contribution in [1.82, 2.24) is 5.32 Å². The van der Waals surface area contributed by atoms with Crippen LogP contribution in [0.4, 0.5) is 0 Å². The second-order valence-corrected chi connectivity index (χ2v) is 4.40. The second kappa shape index (κ2) is 9.68. The Bertz CT molecular complexity index is 215. The van der Waals surface area contributed by atoms with E-state index in [2.05, 4.69) is 5.32 Å². The van der Waals surface area contributed by atoms with E-state index in [0.717, 1.165) is 25.9 Å². The van der Waals surface area contributed by atoms with Gasteiger partial charge in [-0.25, -0.2) is 0 Å². The van der Waals surface area contributed by atoms with Crippen molar-refractivity contribution in [2.45, 2.75) is 45.1 Å². The Balaban J connectivity index is 0.00000256. The maximum Gasteiger partial charge on any atom is 0.220 e. The summed E-state index contributed by atoms with van der Waals surface area (Å²) in [4.78, 5) is 11.6. The Morgan fingerprint density at radius 1 is 1.47 bits per heavy atom. The summed E-state index contributed by atoms with van der Waals surface area (Å²) in [6.45, 7) is 4.04. The zero-order valence-electron chi connectivity index (χ0n) is 10.6. The van der Waals surface area contributed by atoms with Gasteiger partial charge in [0, 0.05) is 25.7 Å². The van der Waals surface area contributed by atoms with E-state index in [0.29, 0.717) is 31.5 Å².